The third-order valence-electron chi connectivity index (χ3n) is 6.37. The second kappa shape index (κ2) is 8.13. The maximum atomic E-state index is 13.8. The summed E-state index contributed by atoms with van der Waals surface area (Å²) in [6.45, 7) is 1.96. The van der Waals surface area contributed by atoms with Crippen LogP contribution in [0.3, 0.4) is 0 Å². The van der Waals surface area contributed by atoms with E-state index in [1.165, 1.54) is 12.0 Å². The van der Waals surface area contributed by atoms with E-state index in [4.69, 9.17) is 9.15 Å². The van der Waals surface area contributed by atoms with Gasteiger partial charge in [0, 0.05) is 5.39 Å². The normalized spacial score (nSPS) is 15.9. The number of benzene rings is 3. The average Bonchev–Trinajstić information content (AvgIpc) is 3.58. The van der Waals surface area contributed by atoms with Crippen LogP contribution in [0, 0.1) is 6.92 Å². The van der Waals surface area contributed by atoms with Crippen molar-refractivity contribution in [3.63, 3.8) is 0 Å². The molecule has 0 spiro atoms. The topological polar surface area (TPSA) is 109 Å². The highest BCUT2D eigenvalue weighted by atomic mass is 16.5. The maximum Gasteiger partial charge on any atom is 0.296 e. The van der Waals surface area contributed by atoms with E-state index < -0.39 is 23.5 Å². The number of aliphatic hydroxyl groups excluding tert-OH is 1. The van der Waals surface area contributed by atoms with Gasteiger partial charge in [-0.15, -0.1) is 0 Å². The summed E-state index contributed by atoms with van der Waals surface area (Å²) in [4.78, 5) is 36.3. The molecule has 3 heterocycles. The standard InChI is InChI=1S/C28H21N3O5/c1-15-11-12-18-19(13-15)30-28(29-18)31-23(16-7-4-3-5-8-16)22(25(33)27(31)34)24(32)21-14-17-9-6-10-20(35-2)26(17)36-21/h3-14,23,33H,1-2H3,(H,29,30). The molecule has 3 aromatic carbocycles. The Bertz CT molecular complexity index is 1700. The number of aryl methyl sites for hydroxylation is 1. The Morgan fingerprint density at radius 1 is 1.08 bits per heavy atom. The molecule has 8 heteroatoms. The molecule has 8 nitrogen and oxygen atoms in total. The van der Waals surface area contributed by atoms with Crippen LogP contribution >= 0.6 is 0 Å². The Morgan fingerprint density at radius 2 is 1.89 bits per heavy atom. The molecule has 1 aliphatic heterocycles. The number of hydrogen-bond donors (Lipinski definition) is 2. The van der Waals surface area contributed by atoms with Gasteiger partial charge in [0.15, 0.2) is 22.9 Å². The van der Waals surface area contributed by atoms with E-state index in [1.54, 1.807) is 36.4 Å². The van der Waals surface area contributed by atoms with Crippen LogP contribution in [-0.4, -0.2) is 33.9 Å². The summed E-state index contributed by atoms with van der Waals surface area (Å²) < 4.78 is 11.2. The summed E-state index contributed by atoms with van der Waals surface area (Å²) in [6.07, 6.45) is 0. The number of nitrogens with zero attached hydrogens (tertiary/aromatic N) is 2. The molecule has 0 fully saturated rings. The molecule has 178 valence electrons. The molecule has 6 rings (SSSR count). The number of methoxy groups -OCH3 is 1. The number of hydrogen-bond acceptors (Lipinski definition) is 6. The number of carbonyl (C=O) groups is 2. The van der Waals surface area contributed by atoms with E-state index in [1.807, 2.05) is 43.3 Å². The number of nitrogens with one attached hydrogen (secondary N) is 1. The van der Waals surface area contributed by atoms with E-state index in [9.17, 15) is 14.7 Å². The molecule has 0 bridgehead atoms. The first kappa shape index (κ1) is 21.7. The Morgan fingerprint density at radius 3 is 2.67 bits per heavy atom. The quantitative estimate of drug-likeness (QED) is 0.326. The predicted octanol–water partition coefficient (Wildman–Crippen LogP) is 5.41. The molecular weight excluding hydrogens is 458 g/mol. The highest BCUT2D eigenvalue weighted by Gasteiger charge is 2.46. The first-order valence-corrected chi connectivity index (χ1v) is 11.4. The van der Waals surface area contributed by atoms with Crippen molar-refractivity contribution in [3.8, 4) is 5.75 Å². The fourth-order valence-electron chi connectivity index (χ4n) is 4.67. The first-order valence-electron chi connectivity index (χ1n) is 11.4. The average molecular weight is 479 g/mol. The Kier molecular flexibility index (Phi) is 4.89. The van der Waals surface area contributed by atoms with Gasteiger partial charge in [-0.1, -0.05) is 48.5 Å². The van der Waals surface area contributed by atoms with Crippen LogP contribution in [0.5, 0.6) is 5.75 Å². The minimum Gasteiger partial charge on any atom is -0.503 e. The molecule has 2 aromatic heterocycles. The third-order valence-corrected chi connectivity index (χ3v) is 6.37. The third kappa shape index (κ3) is 3.26. The minimum absolute atomic E-state index is 0.00754. The van der Waals surface area contributed by atoms with Gasteiger partial charge in [-0.3, -0.25) is 14.5 Å². The lowest BCUT2D eigenvalue weighted by molar-refractivity contribution is -0.117. The highest BCUT2D eigenvalue weighted by molar-refractivity contribution is 6.20. The molecule has 0 radical (unpaired) electrons. The van der Waals surface area contributed by atoms with Crippen molar-refractivity contribution in [2.45, 2.75) is 13.0 Å². The van der Waals surface area contributed by atoms with Crippen molar-refractivity contribution in [2.75, 3.05) is 12.0 Å². The van der Waals surface area contributed by atoms with Crippen molar-refractivity contribution in [3.05, 3.63) is 101 Å². The number of fused-ring (bicyclic) bond motifs is 2. The van der Waals surface area contributed by atoms with Gasteiger partial charge in [-0.05, 0) is 42.3 Å². The number of aromatic amines is 1. The van der Waals surface area contributed by atoms with Crippen LogP contribution < -0.4 is 9.64 Å². The van der Waals surface area contributed by atoms with Gasteiger partial charge >= 0.3 is 0 Å². The fourth-order valence-corrected chi connectivity index (χ4v) is 4.67. The van der Waals surface area contributed by atoms with Crippen LogP contribution in [-0.2, 0) is 4.79 Å². The van der Waals surface area contributed by atoms with E-state index in [0.717, 1.165) is 11.1 Å². The van der Waals surface area contributed by atoms with Gasteiger partial charge in [0.25, 0.3) is 5.91 Å². The number of aromatic nitrogens is 2. The second-order valence-electron chi connectivity index (χ2n) is 8.65. The van der Waals surface area contributed by atoms with Crippen LogP contribution in [0.25, 0.3) is 22.0 Å². The minimum atomic E-state index is -0.914. The zero-order chi connectivity index (χ0) is 25.0. The van der Waals surface area contributed by atoms with Crippen LogP contribution in [0.1, 0.15) is 27.7 Å². The van der Waals surface area contributed by atoms with Gasteiger partial charge in [0.05, 0.1) is 29.8 Å². The van der Waals surface area contributed by atoms with E-state index >= 15 is 0 Å². The summed E-state index contributed by atoms with van der Waals surface area (Å²) in [5.41, 5.74) is 3.41. The lowest BCUT2D eigenvalue weighted by Gasteiger charge is -2.24. The molecule has 36 heavy (non-hydrogen) atoms. The number of H-pyrrole nitrogens is 1. The summed E-state index contributed by atoms with van der Waals surface area (Å²) in [5.74, 6) is -1.26. The van der Waals surface area contributed by atoms with Gasteiger partial charge in [-0.25, -0.2) is 4.98 Å². The number of Topliss-reactive ketones (excluding diaryl/α,β-unsaturated/α-hetero) is 1. The van der Waals surface area contributed by atoms with Gasteiger partial charge in [-0.2, -0.15) is 0 Å². The number of ketones is 1. The van der Waals surface area contributed by atoms with Crippen LogP contribution in [0.4, 0.5) is 5.95 Å². The Hall–Kier alpha value is -4.85. The summed E-state index contributed by atoms with van der Waals surface area (Å²) in [7, 11) is 1.51. The molecule has 1 amide bonds. The van der Waals surface area contributed by atoms with Crippen molar-refractivity contribution >= 4 is 39.6 Å². The molecule has 0 aliphatic carbocycles. The SMILES string of the molecule is COc1cccc2cc(C(=O)C3=C(O)C(=O)N(c4nc5ccc(C)cc5[nH]4)C3c3ccccc3)oc12. The molecule has 1 atom stereocenters. The summed E-state index contributed by atoms with van der Waals surface area (Å²) >= 11 is 0. The van der Waals surface area contributed by atoms with Crippen LogP contribution in [0.15, 0.2) is 88.5 Å². The molecule has 2 N–H and O–H groups in total. The number of rotatable bonds is 5. The van der Waals surface area contributed by atoms with Gasteiger partial charge in [0.1, 0.15) is 0 Å². The van der Waals surface area contributed by atoms with Crippen molar-refractivity contribution < 1.29 is 23.8 Å². The second-order valence-corrected chi connectivity index (χ2v) is 8.65. The van der Waals surface area contributed by atoms with E-state index in [2.05, 4.69) is 9.97 Å². The molecule has 1 aliphatic rings. The molecule has 1 unspecified atom stereocenters. The predicted molar refractivity (Wildman–Crippen MR) is 134 cm³/mol. The Labute approximate surface area is 205 Å². The van der Waals surface area contributed by atoms with Crippen LogP contribution in [0.2, 0.25) is 0 Å². The van der Waals surface area contributed by atoms with Crippen molar-refractivity contribution in [1.82, 2.24) is 9.97 Å². The number of aliphatic hydroxyl groups is 1. The number of para-hydroxylation sites is 1. The fraction of sp³-hybridized carbons (Fsp3) is 0.107. The zero-order valence-electron chi connectivity index (χ0n) is 19.5. The largest absolute Gasteiger partial charge is 0.503 e. The van der Waals surface area contributed by atoms with E-state index in [0.29, 0.717) is 27.8 Å². The number of carbonyl (C=O) groups excluding carboxylic acids is 2. The smallest absolute Gasteiger partial charge is 0.296 e. The van der Waals surface area contributed by atoms with Crippen molar-refractivity contribution in [2.24, 2.45) is 0 Å². The molecule has 0 saturated carbocycles. The molecule has 5 aromatic rings. The lowest BCUT2D eigenvalue weighted by atomic mass is 9.95. The molecular formula is C28H21N3O5. The monoisotopic (exact) mass is 479 g/mol. The van der Waals surface area contributed by atoms with Crippen molar-refractivity contribution in [1.29, 1.82) is 0 Å². The maximum absolute atomic E-state index is 13.8. The number of amides is 1. The lowest BCUT2D eigenvalue weighted by Crippen LogP contribution is -2.31. The highest BCUT2D eigenvalue weighted by Crippen LogP contribution is 2.42. The van der Waals surface area contributed by atoms with Gasteiger partial charge in [0.2, 0.25) is 11.7 Å². The Balaban J connectivity index is 1.50. The number of furan rings is 1. The summed E-state index contributed by atoms with van der Waals surface area (Å²) in [5, 5.41) is 11.7. The van der Waals surface area contributed by atoms with E-state index in [-0.39, 0.29) is 17.3 Å². The zero-order valence-corrected chi connectivity index (χ0v) is 19.5. The molecule has 0 saturated heterocycles. The number of anilines is 1. The van der Waals surface area contributed by atoms with Gasteiger partial charge < -0.3 is 19.2 Å². The first-order chi connectivity index (χ1) is 17.5. The summed E-state index contributed by atoms with van der Waals surface area (Å²) in [6, 6.07) is 20.7. The number of ether oxygens (including phenoxy) is 1. The number of imidazole rings is 1.